The van der Waals surface area contributed by atoms with E-state index in [4.69, 9.17) is 4.74 Å². The average Bonchev–Trinajstić information content (AvgIpc) is 2.84. The van der Waals surface area contributed by atoms with Crippen LogP contribution >= 0.6 is 0 Å². The number of likely N-dealkylation sites (tertiary alicyclic amines) is 1. The molecule has 1 fully saturated rings. The molecule has 0 aromatic heterocycles. The van der Waals surface area contributed by atoms with Crippen molar-refractivity contribution in [1.29, 1.82) is 0 Å². The number of hydrogen-bond acceptors (Lipinski definition) is 3. The molecule has 1 saturated heterocycles. The van der Waals surface area contributed by atoms with Gasteiger partial charge in [0.1, 0.15) is 5.75 Å². The molecule has 1 heterocycles. The highest BCUT2D eigenvalue weighted by Gasteiger charge is 2.43. The van der Waals surface area contributed by atoms with E-state index in [0.717, 1.165) is 38.1 Å². The third-order valence-corrected chi connectivity index (χ3v) is 4.23. The van der Waals surface area contributed by atoms with Crippen molar-refractivity contribution in [2.45, 2.75) is 39.7 Å². The number of carboxylic acids is 1. The Balaban J connectivity index is 2.01. The Bertz CT molecular complexity index is 489. The maximum Gasteiger partial charge on any atom is 0.310 e. The predicted molar refractivity (Wildman–Crippen MR) is 82.5 cm³/mol. The molecule has 1 atom stereocenters. The van der Waals surface area contributed by atoms with Crippen LogP contribution < -0.4 is 4.74 Å². The second-order valence-corrected chi connectivity index (χ2v) is 5.88. The van der Waals surface area contributed by atoms with Crippen LogP contribution in [-0.4, -0.2) is 35.7 Å². The van der Waals surface area contributed by atoms with Gasteiger partial charge in [0, 0.05) is 13.1 Å². The van der Waals surface area contributed by atoms with E-state index in [9.17, 15) is 9.90 Å². The SMILES string of the molecule is CCCC1(C(=O)O)CCN(Cc2cccc(OCC)c2)C1. The van der Waals surface area contributed by atoms with Gasteiger partial charge in [-0.3, -0.25) is 9.69 Å². The zero-order valence-corrected chi connectivity index (χ0v) is 13.0. The summed E-state index contributed by atoms with van der Waals surface area (Å²) < 4.78 is 5.52. The van der Waals surface area contributed by atoms with Crippen LogP contribution in [0.4, 0.5) is 0 Å². The van der Waals surface area contributed by atoms with Crippen LogP contribution in [0, 0.1) is 5.41 Å². The molecule has 0 radical (unpaired) electrons. The molecule has 0 amide bonds. The van der Waals surface area contributed by atoms with E-state index in [1.165, 1.54) is 5.56 Å². The molecule has 0 saturated carbocycles. The molecule has 0 bridgehead atoms. The third kappa shape index (κ3) is 3.76. The van der Waals surface area contributed by atoms with Crippen molar-refractivity contribution in [1.82, 2.24) is 4.90 Å². The molecule has 2 rings (SSSR count). The van der Waals surface area contributed by atoms with E-state index in [2.05, 4.69) is 17.9 Å². The zero-order valence-electron chi connectivity index (χ0n) is 13.0. The van der Waals surface area contributed by atoms with Crippen LogP contribution in [0.1, 0.15) is 38.7 Å². The number of carboxylic acid groups (broad SMARTS) is 1. The third-order valence-electron chi connectivity index (χ3n) is 4.23. The predicted octanol–water partition coefficient (Wildman–Crippen LogP) is 3.16. The van der Waals surface area contributed by atoms with E-state index < -0.39 is 11.4 Å². The number of hydrogen-bond donors (Lipinski definition) is 1. The number of nitrogens with zero attached hydrogens (tertiary/aromatic N) is 1. The molecule has 1 aromatic rings. The van der Waals surface area contributed by atoms with Crippen LogP contribution in [0.3, 0.4) is 0 Å². The summed E-state index contributed by atoms with van der Waals surface area (Å²) in [4.78, 5) is 13.8. The number of aliphatic carboxylic acids is 1. The zero-order chi connectivity index (χ0) is 15.3. The van der Waals surface area contributed by atoms with Crippen LogP contribution in [0.15, 0.2) is 24.3 Å². The largest absolute Gasteiger partial charge is 0.494 e. The summed E-state index contributed by atoms with van der Waals surface area (Å²) in [6.45, 7) is 6.98. The van der Waals surface area contributed by atoms with Gasteiger partial charge in [-0.1, -0.05) is 25.5 Å². The topological polar surface area (TPSA) is 49.8 Å². The van der Waals surface area contributed by atoms with E-state index in [-0.39, 0.29) is 0 Å². The van der Waals surface area contributed by atoms with Crippen LogP contribution in [0.25, 0.3) is 0 Å². The normalized spacial score (nSPS) is 22.4. The molecule has 0 aliphatic carbocycles. The molecule has 116 valence electrons. The quantitative estimate of drug-likeness (QED) is 0.838. The van der Waals surface area contributed by atoms with Gasteiger partial charge >= 0.3 is 5.97 Å². The summed E-state index contributed by atoms with van der Waals surface area (Å²) in [5.41, 5.74) is 0.630. The molecular formula is C17H25NO3. The fraction of sp³-hybridized carbons (Fsp3) is 0.588. The Morgan fingerprint density at radius 3 is 2.90 bits per heavy atom. The monoisotopic (exact) mass is 291 g/mol. The van der Waals surface area contributed by atoms with Gasteiger partial charge in [0.15, 0.2) is 0 Å². The lowest BCUT2D eigenvalue weighted by Crippen LogP contribution is -2.34. The Hall–Kier alpha value is -1.55. The molecule has 21 heavy (non-hydrogen) atoms. The minimum atomic E-state index is -0.644. The highest BCUT2D eigenvalue weighted by atomic mass is 16.5. The van der Waals surface area contributed by atoms with E-state index >= 15 is 0 Å². The Labute approximate surface area is 126 Å². The maximum absolute atomic E-state index is 11.6. The van der Waals surface area contributed by atoms with E-state index in [0.29, 0.717) is 13.2 Å². The van der Waals surface area contributed by atoms with Crippen molar-refractivity contribution in [2.24, 2.45) is 5.41 Å². The number of rotatable bonds is 7. The van der Waals surface area contributed by atoms with Gasteiger partial charge in [-0.2, -0.15) is 0 Å². The lowest BCUT2D eigenvalue weighted by molar-refractivity contribution is -0.148. The van der Waals surface area contributed by atoms with E-state index in [1.54, 1.807) is 0 Å². The van der Waals surface area contributed by atoms with Crippen LogP contribution in [-0.2, 0) is 11.3 Å². The molecule has 1 aromatic carbocycles. The van der Waals surface area contributed by atoms with Gasteiger partial charge < -0.3 is 9.84 Å². The van der Waals surface area contributed by atoms with Gasteiger partial charge in [-0.15, -0.1) is 0 Å². The molecule has 4 nitrogen and oxygen atoms in total. The van der Waals surface area contributed by atoms with Crippen LogP contribution in [0.2, 0.25) is 0 Å². The first-order chi connectivity index (χ1) is 10.1. The van der Waals surface area contributed by atoms with Crippen LogP contribution in [0.5, 0.6) is 5.75 Å². The highest BCUT2D eigenvalue weighted by molar-refractivity contribution is 5.75. The molecule has 1 N–H and O–H groups in total. The lowest BCUT2D eigenvalue weighted by Gasteiger charge is -2.24. The fourth-order valence-corrected chi connectivity index (χ4v) is 3.22. The van der Waals surface area contributed by atoms with Gasteiger partial charge in [-0.25, -0.2) is 0 Å². The molecule has 4 heteroatoms. The number of carbonyl (C=O) groups is 1. The first-order valence-corrected chi connectivity index (χ1v) is 7.77. The van der Waals surface area contributed by atoms with Crippen molar-refractivity contribution >= 4 is 5.97 Å². The second-order valence-electron chi connectivity index (χ2n) is 5.88. The number of benzene rings is 1. The van der Waals surface area contributed by atoms with Crippen molar-refractivity contribution in [2.75, 3.05) is 19.7 Å². The summed E-state index contributed by atoms with van der Waals surface area (Å²) in [5, 5.41) is 9.55. The summed E-state index contributed by atoms with van der Waals surface area (Å²) in [5.74, 6) is 0.238. The fourth-order valence-electron chi connectivity index (χ4n) is 3.22. The Morgan fingerprint density at radius 1 is 1.43 bits per heavy atom. The van der Waals surface area contributed by atoms with E-state index in [1.807, 2.05) is 25.1 Å². The van der Waals surface area contributed by atoms with Crippen molar-refractivity contribution < 1.29 is 14.6 Å². The first-order valence-electron chi connectivity index (χ1n) is 7.77. The van der Waals surface area contributed by atoms with Gasteiger partial charge in [0.05, 0.1) is 12.0 Å². The van der Waals surface area contributed by atoms with Gasteiger partial charge in [0.2, 0.25) is 0 Å². The minimum absolute atomic E-state index is 0.549. The summed E-state index contributed by atoms with van der Waals surface area (Å²) in [6, 6.07) is 8.07. The second kappa shape index (κ2) is 6.94. The molecular weight excluding hydrogens is 266 g/mol. The average molecular weight is 291 g/mol. The molecule has 0 spiro atoms. The van der Waals surface area contributed by atoms with Gasteiger partial charge in [-0.05, 0) is 44.0 Å². The minimum Gasteiger partial charge on any atom is -0.494 e. The molecule has 1 unspecified atom stereocenters. The smallest absolute Gasteiger partial charge is 0.310 e. The summed E-state index contributed by atoms with van der Waals surface area (Å²) in [7, 11) is 0. The Kier molecular flexibility index (Phi) is 5.23. The lowest BCUT2D eigenvalue weighted by atomic mass is 9.83. The van der Waals surface area contributed by atoms with Crippen molar-refractivity contribution in [3.63, 3.8) is 0 Å². The summed E-state index contributed by atoms with van der Waals surface area (Å²) >= 11 is 0. The standard InChI is InChI=1S/C17H25NO3/c1-3-8-17(16(19)20)9-10-18(13-17)12-14-6-5-7-15(11-14)21-4-2/h5-7,11H,3-4,8-10,12-13H2,1-2H3,(H,19,20). The van der Waals surface area contributed by atoms with Gasteiger partial charge in [0.25, 0.3) is 0 Å². The number of ether oxygens (including phenoxy) is 1. The maximum atomic E-state index is 11.6. The highest BCUT2D eigenvalue weighted by Crippen LogP contribution is 2.36. The molecule has 1 aliphatic rings. The molecule has 1 aliphatic heterocycles. The Morgan fingerprint density at radius 2 is 2.24 bits per heavy atom. The first kappa shape index (κ1) is 15.8. The summed E-state index contributed by atoms with van der Waals surface area (Å²) in [6.07, 6.45) is 2.43. The van der Waals surface area contributed by atoms with Crippen molar-refractivity contribution in [3.8, 4) is 5.75 Å². The van der Waals surface area contributed by atoms with Crippen molar-refractivity contribution in [3.05, 3.63) is 29.8 Å².